The highest BCUT2D eigenvalue weighted by atomic mass is 35.5. The first-order valence-corrected chi connectivity index (χ1v) is 12.4. The Bertz CT molecular complexity index is 1490. The topological polar surface area (TPSA) is 76.2 Å². The summed E-state index contributed by atoms with van der Waals surface area (Å²) < 4.78 is 5.52. The molecule has 2 heterocycles. The molecule has 0 aromatic heterocycles. The van der Waals surface area contributed by atoms with Gasteiger partial charge in [-0.15, -0.1) is 0 Å². The molecule has 0 aliphatic carbocycles. The molecule has 2 saturated heterocycles. The molecule has 7 nitrogen and oxygen atoms in total. The molecule has 0 saturated carbocycles. The van der Waals surface area contributed by atoms with Crippen LogP contribution < -0.4 is 14.7 Å². The van der Waals surface area contributed by atoms with E-state index >= 15 is 0 Å². The first-order chi connectivity index (χ1) is 18.5. The van der Waals surface area contributed by atoms with Gasteiger partial charge < -0.3 is 4.74 Å². The summed E-state index contributed by atoms with van der Waals surface area (Å²) in [5.41, 5.74) is 2.33. The zero-order chi connectivity index (χ0) is 26.2. The third-order valence-electron chi connectivity index (χ3n) is 6.65. The molecule has 4 aromatic carbocycles. The summed E-state index contributed by atoms with van der Waals surface area (Å²) in [4.78, 5) is 46.9. The van der Waals surface area contributed by atoms with Crippen LogP contribution >= 0.6 is 11.6 Å². The highest BCUT2D eigenvalue weighted by Gasteiger charge is 2.60. The van der Waals surface area contributed by atoms with Crippen LogP contribution in [0.1, 0.15) is 22.0 Å². The first-order valence-electron chi connectivity index (χ1n) is 12.0. The summed E-state index contributed by atoms with van der Waals surface area (Å²) >= 11 is 6.01. The van der Waals surface area contributed by atoms with Crippen molar-refractivity contribution in [2.75, 3.05) is 9.96 Å². The van der Waals surface area contributed by atoms with Gasteiger partial charge in [0, 0.05) is 5.02 Å². The number of nitrogens with zero attached hydrogens (tertiary/aromatic N) is 2. The Morgan fingerprint density at radius 2 is 1.37 bits per heavy atom. The minimum atomic E-state index is -0.987. The number of rotatable bonds is 5. The molecule has 0 N–H and O–H groups in total. The molecule has 3 atom stereocenters. The minimum absolute atomic E-state index is 0.356. The number of halogens is 1. The van der Waals surface area contributed by atoms with E-state index in [-0.39, 0.29) is 5.91 Å². The Hall–Kier alpha value is -4.46. The van der Waals surface area contributed by atoms with Crippen molar-refractivity contribution >= 4 is 40.8 Å². The van der Waals surface area contributed by atoms with Gasteiger partial charge in [0.05, 0.1) is 23.0 Å². The van der Waals surface area contributed by atoms with Crippen LogP contribution in [0.4, 0.5) is 11.4 Å². The molecule has 0 bridgehead atoms. The van der Waals surface area contributed by atoms with Crippen LogP contribution in [0.3, 0.4) is 0 Å². The molecule has 8 heteroatoms. The summed E-state index contributed by atoms with van der Waals surface area (Å²) in [6, 6.07) is 30.9. The Labute approximate surface area is 223 Å². The van der Waals surface area contributed by atoms with Crippen molar-refractivity contribution in [3.05, 3.63) is 125 Å². The van der Waals surface area contributed by atoms with E-state index in [0.29, 0.717) is 27.7 Å². The van der Waals surface area contributed by atoms with E-state index in [4.69, 9.17) is 21.2 Å². The second-order valence-corrected chi connectivity index (χ2v) is 9.41. The third-order valence-corrected chi connectivity index (χ3v) is 6.90. The highest BCUT2D eigenvalue weighted by molar-refractivity contribution is 6.31. The predicted molar refractivity (Wildman–Crippen MR) is 142 cm³/mol. The molecule has 0 spiro atoms. The fourth-order valence-corrected chi connectivity index (χ4v) is 5.00. The van der Waals surface area contributed by atoms with Gasteiger partial charge >= 0.3 is 5.97 Å². The number of carbonyl (C=O) groups excluding carboxylic acids is 3. The number of amides is 2. The van der Waals surface area contributed by atoms with E-state index in [0.717, 1.165) is 10.5 Å². The number of carbonyl (C=O) groups is 3. The van der Waals surface area contributed by atoms with Crippen molar-refractivity contribution in [3.8, 4) is 5.75 Å². The second kappa shape index (κ2) is 9.78. The van der Waals surface area contributed by atoms with Crippen LogP contribution in [0.2, 0.25) is 5.02 Å². The Balaban J connectivity index is 1.32. The number of anilines is 2. The fourth-order valence-electron chi connectivity index (χ4n) is 4.87. The maximum absolute atomic E-state index is 13.7. The summed E-state index contributed by atoms with van der Waals surface area (Å²) in [5.74, 6) is -1.68. The van der Waals surface area contributed by atoms with Gasteiger partial charge in [-0.1, -0.05) is 60.1 Å². The van der Waals surface area contributed by atoms with Gasteiger partial charge in [0.15, 0.2) is 6.10 Å². The smallest absolute Gasteiger partial charge is 0.343 e. The standard InChI is InChI=1S/C30H21ClN2O5/c31-21-13-15-22(16-14-21)32-28(34)25-26(33(38-27(25)29(32)35)23-9-5-2-6-10-23)19-11-17-24(18-12-19)37-30(36)20-7-3-1-4-8-20/h1-18,25-27H/t25-,26-,27+/m1/s1. The average molecular weight is 525 g/mol. The van der Waals surface area contributed by atoms with Gasteiger partial charge in [0.2, 0.25) is 5.91 Å². The molecule has 188 valence electrons. The zero-order valence-electron chi connectivity index (χ0n) is 19.9. The van der Waals surface area contributed by atoms with E-state index in [1.54, 1.807) is 77.9 Å². The van der Waals surface area contributed by atoms with Gasteiger partial charge in [-0.2, -0.15) is 0 Å². The molecule has 0 radical (unpaired) electrons. The molecule has 2 fully saturated rings. The number of esters is 1. The second-order valence-electron chi connectivity index (χ2n) is 8.97. The molecule has 38 heavy (non-hydrogen) atoms. The van der Waals surface area contributed by atoms with Crippen molar-refractivity contribution < 1.29 is 24.0 Å². The van der Waals surface area contributed by atoms with E-state index in [2.05, 4.69) is 0 Å². The van der Waals surface area contributed by atoms with Crippen molar-refractivity contribution in [1.82, 2.24) is 0 Å². The number of para-hydroxylation sites is 1. The molecule has 2 amide bonds. The zero-order valence-corrected chi connectivity index (χ0v) is 20.7. The van der Waals surface area contributed by atoms with E-state index < -0.39 is 29.9 Å². The Kier molecular flexibility index (Phi) is 6.15. The monoisotopic (exact) mass is 524 g/mol. The number of imide groups is 1. The van der Waals surface area contributed by atoms with Crippen LogP contribution in [0.5, 0.6) is 5.75 Å². The van der Waals surface area contributed by atoms with Crippen molar-refractivity contribution in [2.24, 2.45) is 5.92 Å². The number of benzene rings is 4. The van der Waals surface area contributed by atoms with Gasteiger partial charge in [-0.05, 0) is 66.2 Å². The van der Waals surface area contributed by atoms with Crippen LogP contribution in [-0.2, 0) is 14.4 Å². The predicted octanol–water partition coefficient (Wildman–Crippen LogP) is 5.61. The van der Waals surface area contributed by atoms with E-state index in [1.165, 1.54) is 0 Å². The maximum Gasteiger partial charge on any atom is 0.343 e. The van der Waals surface area contributed by atoms with Gasteiger partial charge in [-0.25, -0.2) is 14.8 Å². The number of hydroxylamine groups is 1. The Morgan fingerprint density at radius 3 is 2.03 bits per heavy atom. The number of fused-ring (bicyclic) bond motifs is 1. The van der Waals surface area contributed by atoms with Crippen molar-refractivity contribution in [2.45, 2.75) is 12.1 Å². The maximum atomic E-state index is 13.7. The number of hydrogen-bond acceptors (Lipinski definition) is 6. The van der Waals surface area contributed by atoms with Crippen molar-refractivity contribution in [1.29, 1.82) is 0 Å². The number of hydrogen-bond donors (Lipinski definition) is 0. The minimum Gasteiger partial charge on any atom is -0.423 e. The first kappa shape index (κ1) is 23.9. The van der Waals surface area contributed by atoms with E-state index in [1.807, 2.05) is 36.4 Å². The highest BCUT2D eigenvalue weighted by Crippen LogP contribution is 2.47. The molecule has 0 unspecified atom stereocenters. The largest absolute Gasteiger partial charge is 0.423 e. The van der Waals surface area contributed by atoms with Crippen LogP contribution in [0, 0.1) is 5.92 Å². The van der Waals surface area contributed by atoms with Crippen LogP contribution in [0.15, 0.2) is 109 Å². The van der Waals surface area contributed by atoms with E-state index in [9.17, 15) is 14.4 Å². The fraction of sp³-hybridized carbons (Fsp3) is 0.100. The molecule has 6 rings (SSSR count). The van der Waals surface area contributed by atoms with Gasteiger partial charge in [-0.3, -0.25) is 14.4 Å². The lowest BCUT2D eigenvalue weighted by Crippen LogP contribution is -2.37. The summed E-state index contributed by atoms with van der Waals surface area (Å²) in [6.45, 7) is 0. The summed E-state index contributed by atoms with van der Waals surface area (Å²) in [5, 5.41) is 2.13. The molecule has 2 aliphatic rings. The molecule has 2 aliphatic heterocycles. The Morgan fingerprint density at radius 1 is 0.737 bits per heavy atom. The number of ether oxygens (including phenoxy) is 1. The average Bonchev–Trinajstić information content (AvgIpc) is 3.46. The molecular weight excluding hydrogens is 504 g/mol. The lowest BCUT2D eigenvalue weighted by atomic mass is 9.90. The van der Waals surface area contributed by atoms with Gasteiger partial charge in [0.1, 0.15) is 11.7 Å². The molecule has 4 aromatic rings. The third kappa shape index (κ3) is 4.22. The van der Waals surface area contributed by atoms with Gasteiger partial charge in [0.25, 0.3) is 5.91 Å². The van der Waals surface area contributed by atoms with Crippen molar-refractivity contribution in [3.63, 3.8) is 0 Å². The SMILES string of the molecule is O=C(Oc1ccc([C@@H]2[C@H]3C(=O)N(c4ccc(Cl)cc4)C(=O)[C@H]3ON2c2ccccc2)cc1)c1ccccc1. The normalized spacial score (nSPS) is 20.5. The molecular formula is C30H21ClN2O5. The van der Waals surface area contributed by atoms with Crippen LogP contribution in [0.25, 0.3) is 0 Å². The quantitative estimate of drug-likeness (QED) is 0.192. The van der Waals surface area contributed by atoms with Crippen LogP contribution in [-0.4, -0.2) is 23.9 Å². The summed E-state index contributed by atoms with van der Waals surface area (Å²) in [7, 11) is 0. The lowest BCUT2D eigenvalue weighted by Gasteiger charge is -2.28. The lowest BCUT2D eigenvalue weighted by molar-refractivity contribution is -0.126. The summed E-state index contributed by atoms with van der Waals surface area (Å²) in [6.07, 6.45) is -0.987.